The average Bonchev–Trinajstić information content (AvgIpc) is 3.37. The second-order valence-corrected chi connectivity index (χ2v) is 9.31. The third-order valence-electron chi connectivity index (χ3n) is 7.15. The molecule has 1 aliphatic heterocycles. The molecule has 2 amide bonds. The Hall–Kier alpha value is -2.80. The molecule has 3 heterocycles. The quantitative estimate of drug-likeness (QED) is 0.676. The molecule has 7 nitrogen and oxygen atoms in total. The molecule has 3 unspecified atom stereocenters. The first-order chi connectivity index (χ1) is 16.1. The maximum atomic E-state index is 13.9. The number of pyridine rings is 2. The van der Waals surface area contributed by atoms with Crippen molar-refractivity contribution in [2.75, 3.05) is 13.6 Å². The Kier molecular flexibility index (Phi) is 7.70. The topological polar surface area (TPSA) is 87.2 Å². The Bertz CT molecular complexity index is 945. The van der Waals surface area contributed by atoms with Crippen molar-refractivity contribution in [3.8, 4) is 11.3 Å². The molecule has 2 aromatic rings. The van der Waals surface area contributed by atoms with Crippen LogP contribution in [0.1, 0.15) is 63.5 Å². The molecule has 2 N–H and O–H groups in total. The van der Waals surface area contributed by atoms with Crippen LogP contribution < -0.4 is 10.6 Å². The minimum Gasteiger partial charge on any atom is -0.343 e. The SMILES string of the molecule is CNC(C)C(=O)NC(C(=O)N1CCCC1c1cncc(-c2ccccn2)c1)C1CCCCC1. The van der Waals surface area contributed by atoms with Gasteiger partial charge >= 0.3 is 0 Å². The maximum absolute atomic E-state index is 13.9. The second kappa shape index (κ2) is 10.9. The predicted molar refractivity (Wildman–Crippen MR) is 128 cm³/mol. The van der Waals surface area contributed by atoms with Gasteiger partial charge in [0.2, 0.25) is 11.8 Å². The van der Waals surface area contributed by atoms with E-state index in [1.165, 1.54) is 6.42 Å². The number of carbonyl (C=O) groups excluding carboxylic acids is 2. The zero-order valence-electron chi connectivity index (χ0n) is 19.7. The highest BCUT2D eigenvalue weighted by atomic mass is 16.2. The minimum absolute atomic E-state index is 0.0293. The number of likely N-dealkylation sites (tertiary alicyclic amines) is 1. The van der Waals surface area contributed by atoms with Gasteiger partial charge in [0.25, 0.3) is 0 Å². The summed E-state index contributed by atoms with van der Waals surface area (Å²) in [4.78, 5) is 37.5. The third-order valence-corrected chi connectivity index (χ3v) is 7.15. The molecule has 176 valence electrons. The van der Waals surface area contributed by atoms with Gasteiger partial charge in [-0.15, -0.1) is 0 Å². The van der Waals surface area contributed by atoms with E-state index in [1.807, 2.05) is 42.4 Å². The Labute approximate surface area is 196 Å². The van der Waals surface area contributed by atoms with Gasteiger partial charge in [0.1, 0.15) is 6.04 Å². The van der Waals surface area contributed by atoms with Crippen molar-refractivity contribution in [2.24, 2.45) is 5.92 Å². The fourth-order valence-corrected chi connectivity index (χ4v) is 5.13. The lowest BCUT2D eigenvalue weighted by molar-refractivity contribution is -0.139. The van der Waals surface area contributed by atoms with Crippen molar-refractivity contribution >= 4 is 11.8 Å². The molecule has 3 atom stereocenters. The minimum atomic E-state index is -0.471. The summed E-state index contributed by atoms with van der Waals surface area (Å²) in [5.74, 6) is 0.124. The molecule has 0 radical (unpaired) electrons. The third kappa shape index (κ3) is 5.41. The van der Waals surface area contributed by atoms with E-state index in [1.54, 1.807) is 13.2 Å². The summed E-state index contributed by atoms with van der Waals surface area (Å²) in [6.45, 7) is 2.53. The van der Waals surface area contributed by atoms with Crippen molar-refractivity contribution in [3.05, 3.63) is 48.4 Å². The summed E-state index contributed by atoms with van der Waals surface area (Å²) >= 11 is 0. The number of likely N-dealkylation sites (N-methyl/N-ethyl adjacent to an activating group) is 1. The molecule has 1 aliphatic carbocycles. The van der Waals surface area contributed by atoms with Crippen LogP contribution in [0.2, 0.25) is 0 Å². The molecule has 0 bridgehead atoms. The molecular formula is C26H35N5O2. The number of aromatic nitrogens is 2. The first kappa shape index (κ1) is 23.4. The second-order valence-electron chi connectivity index (χ2n) is 9.31. The number of amides is 2. The molecule has 33 heavy (non-hydrogen) atoms. The molecule has 1 saturated carbocycles. The lowest BCUT2D eigenvalue weighted by Crippen LogP contribution is -2.55. The predicted octanol–water partition coefficient (Wildman–Crippen LogP) is 3.48. The summed E-state index contributed by atoms with van der Waals surface area (Å²) in [5, 5.41) is 6.09. The number of hydrogen-bond donors (Lipinski definition) is 2. The fraction of sp³-hybridized carbons (Fsp3) is 0.538. The highest BCUT2D eigenvalue weighted by Gasteiger charge is 2.39. The Balaban J connectivity index is 1.57. The first-order valence-corrected chi connectivity index (χ1v) is 12.2. The van der Waals surface area contributed by atoms with Crippen LogP contribution in [0, 0.1) is 5.92 Å². The monoisotopic (exact) mass is 449 g/mol. The van der Waals surface area contributed by atoms with E-state index in [-0.39, 0.29) is 29.8 Å². The van der Waals surface area contributed by atoms with Crippen molar-refractivity contribution < 1.29 is 9.59 Å². The standard InChI is InChI=1S/C26H35N5O2/c1-18(27-2)25(32)30-24(19-9-4-3-5-10-19)26(33)31-14-8-12-23(31)21-15-20(16-28-17-21)22-11-6-7-13-29-22/h6-7,11,13,15-19,23-24,27H,3-5,8-10,12,14H2,1-2H3,(H,30,32). The van der Waals surface area contributed by atoms with Gasteiger partial charge in [-0.2, -0.15) is 0 Å². The summed E-state index contributed by atoms with van der Waals surface area (Å²) in [7, 11) is 1.76. The van der Waals surface area contributed by atoms with Crippen LogP contribution >= 0.6 is 0 Å². The first-order valence-electron chi connectivity index (χ1n) is 12.2. The van der Waals surface area contributed by atoms with E-state index >= 15 is 0 Å². The molecule has 7 heteroatoms. The highest BCUT2D eigenvalue weighted by Crippen LogP contribution is 2.35. The highest BCUT2D eigenvalue weighted by molar-refractivity contribution is 5.90. The molecule has 4 rings (SSSR count). The van der Waals surface area contributed by atoms with Crippen LogP contribution in [0.4, 0.5) is 0 Å². The van der Waals surface area contributed by atoms with E-state index < -0.39 is 6.04 Å². The van der Waals surface area contributed by atoms with E-state index in [0.29, 0.717) is 6.54 Å². The molecule has 0 aromatic carbocycles. The number of rotatable bonds is 7. The van der Waals surface area contributed by atoms with Crippen molar-refractivity contribution in [1.82, 2.24) is 25.5 Å². The van der Waals surface area contributed by atoms with Gasteiger partial charge in [-0.1, -0.05) is 25.3 Å². The van der Waals surface area contributed by atoms with Crippen LogP contribution in [0.15, 0.2) is 42.9 Å². The molecule has 1 saturated heterocycles. The van der Waals surface area contributed by atoms with Crippen molar-refractivity contribution in [1.29, 1.82) is 0 Å². The van der Waals surface area contributed by atoms with E-state index in [9.17, 15) is 9.59 Å². The van der Waals surface area contributed by atoms with Gasteiger partial charge in [0, 0.05) is 30.7 Å². The normalized spacial score (nSPS) is 20.9. The molecular weight excluding hydrogens is 414 g/mol. The average molecular weight is 450 g/mol. The molecule has 2 aromatic heterocycles. The molecule has 2 aliphatic rings. The molecule has 2 fully saturated rings. The molecule has 0 spiro atoms. The number of nitrogens with one attached hydrogen (secondary N) is 2. The Morgan fingerprint density at radius 3 is 2.64 bits per heavy atom. The van der Waals surface area contributed by atoms with Crippen molar-refractivity contribution in [3.63, 3.8) is 0 Å². The fourth-order valence-electron chi connectivity index (χ4n) is 5.13. The summed E-state index contributed by atoms with van der Waals surface area (Å²) in [5.41, 5.74) is 2.85. The number of nitrogens with zero attached hydrogens (tertiary/aromatic N) is 3. The van der Waals surface area contributed by atoms with Crippen LogP contribution in [0.3, 0.4) is 0 Å². The van der Waals surface area contributed by atoms with Gasteiger partial charge < -0.3 is 15.5 Å². The smallest absolute Gasteiger partial charge is 0.245 e. The van der Waals surface area contributed by atoms with E-state index in [2.05, 4.69) is 26.7 Å². The van der Waals surface area contributed by atoms with Crippen molar-refractivity contribution in [2.45, 2.75) is 70.0 Å². The largest absolute Gasteiger partial charge is 0.343 e. The van der Waals surface area contributed by atoms with Crippen LogP contribution in [0.25, 0.3) is 11.3 Å². The van der Waals surface area contributed by atoms with E-state index in [4.69, 9.17) is 0 Å². The zero-order valence-corrected chi connectivity index (χ0v) is 19.7. The van der Waals surface area contributed by atoms with Crippen LogP contribution in [0.5, 0.6) is 0 Å². The Morgan fingerprint density at radius 1 is 1.09 bits per heavy atom. The lowest BCUT2D eigenvalue weighted by atomic mass is 9.83. The zero-order chi connectivity index (χ0) is 23.2. The summed E-state index contributed by atoms with van der Waals surface area (Å²) in [6.07, 6.45) is 12.7. The lowest BCUT2D eigenvalue weighted by Gasteiger charge is -2.35. The van der Waals surface area contributed by atoms with E-state index in [0.717, 1.165) is 55.3 Å². The van der Waals surface area contributed by atoms with Gasteiger partial charge in [-0.05, 0) is 69.3 Å². The van der Waals surface area contributed by atoms with Gasteiger partial charge in [-0.3, -0.25) is 19.6 Å². The van der Waals surface area contributed by atoms with Crippen LogP contribution in [-0.2, 0) is 9.59 Å². The van der Waals surface area contributed by atoms with Gasteiger partial charge in [0.05, 0.1) is 17.8 Å². The summed E-state index contributed by atoms with van der Waals surface area (Å²) < 4.78 is 0. The van der Waals surface area contributed by atoms with Gasteiger partial charge in [-0.25, -0.2) is 0 Å². The summed E-state index contributed by atoms with van der Waals surface area (Å²) in [6, 6.07) is 7.09. The van der Waals surface area contributed by atoms with Gasteiger partial charge in [0.15, 0.2) is 0 Å². The Morgan fingerprint density at radius 2 is 1.91 bits per heavy atom. The number of carbonyl (C=O) groups is 2. The van der Waals surface area contributed by atoms with Crippen LogP contribution in [-0.4, -0.2) is 52.4 Å². The number of hydrogen-bond acceptors (Lipinski definition) is 5. The maximum Gasteiger partial charge on any atom is 0.245 e.